The maximum absolute atomic E-state index is 11.6. The molecule has 0 aromatic heterocycles. The summed E-state index contributed by atoms with van der Waals surface area (Å²) >= 11 is 0. The minimum atomic E-state index is -0.352. The summed E-state index contributed by atoms with van der Waals surface area (Å²) in [4.78, 5) is 11.6. The molecule has 5 heteroatoms. The number of carbonyl (C=O) groups is 1. The molecular formula is C14H20O5. The molecule has 5 nitrogen and oxygen atoms in total. The van der Waals surface area contributed by atoms with Gasteiger partial charge in [-0.1, -0.05) is 12.1 Å². The molecule has 0 heterocycles. The number of ether oxygens (including phenoxy) is 4. The Balaban J connectivity index is 2.62. The summed E-state index contributed by atoms with van der Waals surface area (Å²) in [6.45, 7) is 0.714. The van der Waals surface area contributed by atoms with Crippen LogP contribution >= 0.6 is 0 Å². The van der Waals surface area contributed by atoms with Crippen LogP contribution in [0.4, 0.5) is 0 Å². The summed E-state index contributed by atoms with van der Waals surface area (Å²) in [5, 5.41) is 0. The van der Waals surface area contributed by atoms with Crippen LogP contribution in [-0.2, 0) is 14.3 Å². The first-order chi connectivity index (χ1) is 9.22. The van der Waals surface area contributed by atoms with Crippen molar-refractivity contribution in [1.29, 1.82) is 0 Å². The third kappa shape index (κ3) is 4.79. The predicted octanol–water partition coefficient (Wildman–Crippen LogP) is 1.90. The van der Waals surface area contributed by atoms with E-state index in [0.29, 0.717) is 24.5 Å². The molecule has 0 fully saturated rings. The minimum absolute atomic E-state index is 0.233. The molecule has 1 atom stereocenters. The van der Waals surface area contributed by atoms with Crippen LogP contribution < -0.4 is 9.47 Å². The Bertz CT molecular complexity index is 391. The second-order valence-electron chi connectivity index (χ2n) is 3.96. The van der Waals surface area contributed by atoms with Crippen molar-refractivity contribution in [2.24, 2.45) is 5.92 Å². The molecule has 0 bridgehead atoms. The lowest BCUT2D eigenvalue weighted by atomic mass is 10.1. The predicted molar refractivity (Wildman–Crippen MR) is 70.5 cm³/mol. The van der Waals surface area contributed by atoms with Gasteiger partial charge in [0.1, 0.15) is 6.61 Å². The first-order valence-corrected chi connectivity index (χ1v) is 6.05. The van der Waals surface area contributed by atoms with Crippen molar-refractivity contribution >= 4 is 5.97 Å². The largest absolute Gasteiger partial charge is 0.493 e. The molecule has 0 aliphatic rings. The Morgan fingerprint density at radius 2 is 1.84 bits per heavy atom. The highest BCUT2D eigenvalue weighted by molar-refractivity contribution is 5.72. The highest BCUT2D eigenvalue weighted by Crippen LogP contribution is 2.26. The molecule has 0 aliphatic carbocycles. The van der Waals surface area contributed by atoms with Gasteiger partial charge in [-0.2, -0.15) is 0 Å². The van der Waals surface area contributed by atoms with Crippen LogP contribution in [0.2, 0.25) is 0 Å². The summed E-state index contributed by atoms with van der Waals surface area (Å²) in [5.74, 6) is 0.594. The molecule has 0 radical (unpaired) electrons. The molecular weight excluding hydrogens is 248 g/mol. The Labute approximate surface area is 113 Å². The van der Waals surface area contributed by atoms with Crippen molar-refractivity contribution < 1.29 is 23.7 Å². The normalized spacial score (nSPS) is 11.7. The topological polar surface area (TPSA) is 54.0 Å². The Morgan fingerprint density at radius 1 is 1.16 bits per heavy atom. The molecule has 1 aromatic carbocycles. The van der Waals surface area contributed by atoms with Crippen LogP contribution in [0.25, 0.3) is 0 Å². The molecule has 19 heavy (non-hydrogen) atoms. The van der Waals surface area contributed by atoms with E-state index in [9.17, 15) is 4.79 Å². The van der Waals surface area contributed by atoms with Crippen molar-refractivity contribution in [1.82, 2.24) is 0 Å². The lowest BCUT2D eigenvalue weighted by Crippen LogP contribution is -2.24. The molecule has 1 aromatic rings. The van der Waals surface area contributed by atoms with E-state index in [1.165, 1.54) is 7.11 Å². The Morgan fingerprint density at radius 3 is 2.42 bits per heavy atom. The maximum atomic E-state index is 11.6. The fourth-order valence-electron chi connectivity index (χ4n) is 1.62. The summed E-state index contributed by atoms with van der Waals surface area (Å²) in [6.07, 6.45) is 0.554. The standard InChI is InChI=1S/C14H20O5/c1-16-9-8-11(14(15)18-3)10-19-13-7-5-4-6-12(13)17-2/h4-7,11H,8-10H2,1-3H3. The molecule has 1 rings (SSSR count). The zero-order chi connectivity index (χ0) is 14.1. The van der Waals surface area contributed by atoms with Gasteiger partial charge < -0.3 is 18.9 Å². The first kappa shape index (κ1) is 15.3. The molecule has 0 spiro atoms. The molecule has 0 saturated carbocycles. The van der Waals surface area contributed by atoms with E-state index in [1.807, 2.05) is 12.1 Å². The Hall–Kier alpha value is -1.75. The van der Waals surface area contributed by atoms with Crippen LogP contribution in [0.15, 0.2) is 24.3 Å². The number of carbonyl (C=O) groups excluding carboxylic acids is 1. The first-order valence-electron chi connectivity index (χ1n) is 6.05. The lowest BCUT2D eigenvalue weighted by Gasteiger charge is -2.16. The van der Waals surface area contributed by atoms with Gasteiger partial charge in [0.05, 0.1) is 20.1 Å². The highest BCUT2D eigenvalue weighted by Gasteiger charge is 2.20. The van der Waals surface area contributed by atoms with Gasteiger partial charge in [0.25, 0.3) is 0 Å². The highest BCUT2D eigenvalue weighted by atomic mass is 16.5. The van der Waals surface area contributed by atoms with E-state index in [-0.39, 0.29) is 18.5 Å². The molecule has 0 N–H and O–H groups in total. The van der Waals surface area contributed by atoms with Gasteiger partial charge in [-0.05, 0) is 18.6 Å². The quantitative estimate of drug-likeness (QED) is 0.674. The molecule has 1 unspecified atom stereocenters. The van der Waals surface area contributed by atoms with Crippen LogP contribution in [-0.4, -0.2) is 40.5 Å². The molecule has 0 saturated heterocycles. The number of methoxy groups -OCH3 is 3. The van der Waals surface area contributed by atoms with Crippen LogP contribution in [0.5, 0.6) is 11.5 Å². The van der Waals surface area contributed by atoms with E-state index in [4.69, 9.17) is 18.9 Å². The zero-order valence-corrected chi connectivity index (χ0v) is 11.5. The number of rotatable bonds is 8. The fourth-order valence-corrected chi connectivity index (χ4v) is 1.62. The fraction of sp³-hybridized carbons (Fsp3) is 0.500. The number of hydrogen-bond donors (Lipinski definition) is 0. The Kier molecular flexibility index (Phi) is 6.74. The third-order valence-corrected chi connectivity index (χ3v) is 2.71. The summed E-state index contributed by atoms with van der Waals surface area (Å²) in [7, 11) is 4.53. The summed E-state index contributed by atoms with van der Waals surface area (Å²) in [5.41, 5.74) is 0. The van der Waals surface area contributed by atoms with E-state index in [1.54, 1.807) is 26.4 Å². The van der Waals surface area contributed by atoms with Gasteiger partial charge in [0, 0.05) is 13.7 Å². The van der Waals surface area contributed by atoms with Gasteiger partial charge in [0.2, 0.25) is 0 Å². The van der Waals surface area contributed by atoms with Gasteiger partial charge in [-0.3, -0.25) is 4.79 Å². The van der Waals surface area contributed by atoms with Gasteiger partial charge in [-0.25, -0.2) is 0 Å². The number of benzene rings is 1. The van der Waals surface area contributed by atoms with E-state index >= 15 is 0 Å². The average molecular weight is 268 g/mol. The second-order valence-corrected chi connectivity index (χ2v) is 3.96. The number of esters is 1. The SMILES string of the molecule is COCCC(COc1ccccc1OC)C(=O)OC. The van der Waals surface area contributed by atoms with Gasteiger partial charge >= 0.3 is 5.97 Å². The molecule has 0 amide bonds. The van der Waals surface area contributed by atoms with E-state index < -0.39 is 0 Å². The average Bonchev–Trinajstić information content (AvgIpc) is 2.47. The van der Waals surface area contributed by atoms with E-state index in [2.05, 4.69) is 0 Å². The van der Waals surface area contributed by atoms with Crippen LogP contribution in [0.3, 0.4) is 0 Å². The smallest absolute Gasteiger partial charge is 0.312 e. The van der Waals surface area contributed by atoms with Crippen molar-refractivity contribution in [3.8, 4) is 11.5 Å². The zero-order valence-electron chi connectivity index (χ0n) is 11.5. The van der Waals surface area contributed by atoms with Crippen molar-refractivity contribution in [2.45, 2.75) is 6.42 Å². The van der Waals surface area contributed by atoms with E-state index in [0.717, 1.165) is 0 Å². The molecule has 0 aliphatic heterocycles. The maximum Gasteiger partial charge on any atom is 0.312 e. The monoisotopic (exact) mass is 268 g/mol. The molecule has 106 valence electrons. The number of para-hydroxylation sites is 2. The van der Waals surface area contributed by atoms with Crippen LogP contribution in [0, 0.1) is 5.92 Å². The van der Waals surface area contributed by atoms with Gasteiger partial charge in [0.15, 0.2) is 11.5 Å². The van der Waals surface area contributed by atoms with Crippen molar-refractivity contribution in [3.63, 3.8) is 0 Å². The third-order valence-electron chi connectivity index (χ3n) is 2.71. The number of hydrogen-bond acceptors (Lipinski definition) is 5. The van der Waals surface area contributed by atoms with Gasteiger partial charge in [-0.15, -0.1) is 0 Å². The van der Waals surface area contributed by atoms with Crippen LogP contribution in [0.1, 0.15) is 6.42 Å². The second kappa shape index (κ2) is 8.37. The van der Waals surface area contributed by atoms with Crippen molar-refractivity contribution in [2.75, 3.05) is 34.5 Å². The summed E-state index contributed by atoms with van der Waals surface area (Å²) in [6, 6.07) is 7.30. The van der Waals surface area contributed by atoms with Crippen molar-refractivity contribution in [3.05, 3.63) is 24.3 Å². The minimum Gasteiger partial charge on any atom is -0.493 e. The summed E-state index contributed by atoms with van der Waals surface area (Å²) < 4.78 is 20.5. The lowest BCUT2D eigenvalue weighted by molar-refractivity contribution is -0.147.